The van der Waals surface area contributed by atoms with Gasteiger partial charge in [-0.05, 0) is 5.92 Å². The summed E-state index contributed by atoms with van der Waals surface area (Å²) in [5.41, 5.74) is 0. The first kappa shape index (κ1) is 13.7. The Labute approximate surface area is 90.2 Å². The monoisotopic (exact) mass is 214 g/mol. The molecule has 0 aliphatic carbocycles. The number of ether oxygens (including phenoxy) is 2. The number of carbonyl (C=O) groups excluding carboxylic acids is 2. The Balaban J connectivity index is 4.98. The van der Waals surface area contributed by atoms with Gasteiger partial charge in [0.25, 0.3) is 0 Å². The van der Waals surface area contributed by atoms with Gasteiger partial charge in [0.1, 0.15) is 0 Å². The summed E-state index contributed by atoms with van der Waals surface area (Å²) in [7, 11) is 2.50. The van der Waals surface area contributed by atoms with E-state index in [1.54, 1.807) is 6.08 Å². The normalized spacial score (nSPS) is 12.4. The molecule has 0 fully saturated rings. The highest BCUT2D eigenvalue weighted by Gasteiger charge is 2.36. The van der Waals surface area contributed by atoms with Gasteiger partial charge in [-0.15, -0.1) is 6.58 Å². The number of hydrogen-bond acceptors (Lipinski definition) is 4. The molecular weight excluding hydrogens is 196 g/mol. The molecule has 0 aromatic rings. The average molecular weight is 214 g/mol. The van der Waals surface area contributed by atoms with Crippen LogP contribution in [0.25, 0.3) is 0 Å². The van der Waals surface area contributed by atoms with E-state index in [2.05, 4.69) is 16.1 Å². The fourth-order valence-corrected chi connectivity index (χ4v) is 1.46. The lowest BCUT2D eigenvalue weighted by atomic mass is 9.83. The molecule has 0 spiro atoms. The van der Waals surface area contributed by atoms with Crippen LogP contribution in [0.1, 0.15) is 13.8 Å². The maximum absolute atomic E-state index is 11.4. The third-order valence-electron chi connectivity index (χ3n) is 2.34. The van der Waals surface area contributed by atoms with Crippen molar-refractivity contribution in [2.24, 2.45) is 17.8 Å². The number of hydrogen-bond donors (Lipinski definition) is 0. The van der Waals surface area contributed by atoms with E-state index in [-0.39, 0.29) is 11.8 Å². The molecular formula is C11H18O4. The fourth-order valence-electron chi connectivity index (χ4n) is 1.46. The Hall–Kier alpha value is -1.32. The molecule has 0 amide bonds. The van der Waals surface area contributed by atoms with Crippen molar-refractivity contribution in [3.05, 3.63) is 12.7 Å². The summed E-state index contributed by atoms with van der Waals surface area (Å²) in [5, 5.41) is 0. The minimum Gasteiger partial charge on any atom is -0.468 e. The zero-order chi connectivity index (χ0) is 12.0. The zero-order valence-electron chi connectivity index (χ0n) is 9.65. The third kappa shape index (κ3) is 3.38. The predicted octanol–water partition coefficient (Wildman–Crippen LogP) is 1.41. The summed E-state index contributed by atoms with van der Waals surface area (Å²) in [6, 6.07) is 0. The number of carbonyl (C=O) groups is 2. The highest BCUT2D eigenvalue weighted by atomic mass is 16.5. The predicted molar refractivity (Wildman–Crippen MR) is 56.0 cm³/mol. The standard InChI is InChI=1S/C11H18O4/c1-6-8(7(2)3)9(10(12)14-4)11(13)15-5/h6-9H,1H2,2-5H3. The third-order valence-corrected chi connectivity index (χ3v) is 2.34. The van der Waals surface area contributed by atoms with E-state index < -0.39 is 17.9 Å². The van der Waals surface area contributed by atoms with E-state index in [1.165, 1.54) is 14.2 Å². The summed E-state index contributed by atoms with van der Waals surface area (Å²) in [4.78, 5) is 22.9. The van der Waals surface area contributed by atoms with Crippen molar-refractivity contribution in [2.45, 2.75) is 13.8 Å². The summed E-state index contributed by atoms with van der Waals surface area (Å²) >= 11 is 0. The van der Waals surface area contributed by atoms with Gasteiger partial charge in [-0.2, -0.15) is 0 Å². The number of esters is 2. The van der Waals surface area contributed by atoms with E-state index in [4.69, 9.17) is 0 Å². The van der Waals surface area contributed by atoms with Crippen LogP contribution < -0.4 is 0 Å². The Bertz CT molecular complexity index is 229. The zero-order valence-corrected chi connectivity index (χ0v) is 9.65. The van der Waals surface area contributed by atoms with Crippen molar-refractivity contribution in [2.75, 3.05) is 14.2 Å². The molecule has 1 unspecified atom stereocenters. The highest BCUT2D eigenvalue weighted by molar-refractivity contribution is 5.95. The van der Waals surface area contributed by atoms with Gasteiger partial charge in [0.2, 0.25) is 0 Å². The number of rotatable bonds is 5. The van der Waals surface area contributed by atoms with E-state index in [1.807, 2.05) is 13.8 Å². The molecule has 86 valence electrons. The molecule has 0 saturated carbocycles. The van der Waals surface area contributed by atoms with Crippen LogP contribution >= 0.6 is 0 Å². The van der Waals surface area contributed by atoms with E-state index >= 15 is 0 Å². The maximum Gasteiger partial charge on any atom is 0.320 e. The first-order valence-corrected chi connectivity index (χ1v) is 4.77. The fraction of sp³-hybridized carbons (Fsp3) is 0.636. The van der Waals surface area contributed by atoms with Gasteiger partial charge in [-0.3, -0.25) is 9.59 Å². The molecule has 0 bridgehead atoms. The topological polar surface area (TPSA) is 52.6 Å². The quantitative estimate of drug-likeness (QED) is 0.394. The molecule has 0 aromatic heterocycles. The van der Waals surface area contributed by atoms with Crippen molar-refractivity contribution < 1.29 is 19.1 Å². The minimum absolute atomic E-state index is 0.116. The van der Waals surface area contributed by atoms with Crippen LogP contribution in [0.4, 0.5) is 0 Å². The van der Waals surface area contributed by atoms with Crippen LogP contribution in [0.15, 0.2) is 12.7 Å². The first-order valence-electron chi connectivity index (χ1n) is 4.77. The smallest absolute Gasteiger partial charge is 0.320 e. The van der Waals surface area contributed by atoms with Gasteiger partial charge in [0.05, 0.1) is 14.2 Å². The first-order chi connectivity index (χ1) is 6.99. The second kappa shape index (κ2) is 6.22. The van der Waals surface area contributed by atoms with Crippen LogP contribution in [0.2, 0.25) is 0 Å². The summed E-state index contributed by atoms with van der Waals surface area (Å²) in [5.74, 6) is -2.24. The molecule has 0 N–H and O–H groups in total. The Morgan fingerprint density at radius 1 is 1.13 bits per heavy atom. The lowest BCUT2D eigenvalue weighted by Crippen LogP contribution is -2.34. The van der Waals surface area contributed by atoms with Crippen LogP contribution in [0.5, 0.6) is 0 Å². The Morgan fingerprint density at radius 2 is 1.53 bits per heavy atom. The van der Waals surface area contributed by atoms with Crippen molar-refractivity contribution >= 4 is 11.9 Å². The molecule has 4 nitrogen and oxygen atoms in total. The number of allylic oxidation sites excluding steroid dienone is 1. The molecule has 0 heterocycles. The van der Waals surface area contributed by atoms with E-state index in [0.717, 1.165) is 0 Å². The summed E-state index contributed by atoms with van der Waals surface area (Å²) in [6.07, 6.45) is 1.59. The molecule has 0 rings (SSSR count). The van der Waals surface area contributed by atoms with Gasteiger partial charge >= 0.3 is 11.9 Å². The molecule has 0 aliphatic heterocycles. The van der Waals surface area contributed by atoms with Crippen LogP contribution in [-0.4, -0.2) is 26.2 Å². The largest absolute Gasteiger partial charge is 0.468 e. The van der Waals surface area contributed by atoms with Gasteiger partial charge in [-0.1, -0.05) is 19.9 Å². The molecule has 0 aliphatic rings. The lowest BCUT2D eigenvalue weighted by molar-refractivity contribution is -0.161. The molecule has 0 radical (unpaired) electrons. The summed E-state index contributed by atoms with van der Waals surface area (Å²) in [6.45, 7) is 7.44. The second-order valence-corrected chi connectivity index (χ2v) is 3.58. The highest BCUT2D eigenvalue weighted by Crippen LogP contribution is 2.24. The maximum atomic E-state index is 11.4. The molecule has 0 saturated heterocycles. The van der Waals surface area contributed by atoms with Crippen molar-refractivity contribution in [1.29, 1.82) is 0 Å². The van der Waals surface area contributed by atoms with Gasteiger partial charge in [-0.25, -0.2) is 0 Å². The molecule has 0 aromatic carbocycles. The van der Waals surface area contributed by atoms with Crippen LogP contribution in [0.3, 0.4) is 0 Å². The van der Waals surface area contributed by atoms with Crippen LogP contribution in [-0.2, 0) is 19.1 Å². The van der Waals surface area contributed by atoms with Crippen LogP contribution in [0, 0.1) is 17.8 Å². The van der Waals surface area contributed by atoms with E-state index in [9.17, 15) is 9.59 Å². The van der Waals surface area contributed by atoms with Gasteiger partial charge in [0.15, 0.2) is 5.92 Å². The number of methoxy groups -OCH3 is 2. The summed E-state index contributed by atoms with van der Waals surface area (Å²) < 4.78 is 9.16. The average Bonchev–Trinajstić information content (AvgIpc) is 2.23. The van der Waals surface area contributed by atoms with Crippen molar-refractivity contribution in [1.82, 2.24) is 0 Å². The van der Waals surface area contributed by atoms with Gasteiger partial charge < -0.3 is 9.47 Å². The Kier molecular flexibility index (Phi) is 5.67. The van der Waals surface area contributed by atoms with Gasteiger partial charge in [0, 0.05) is 5.92 Å². The molecule has 1 atom stereocenters. The van der Waals surface area contributed by atoms with E-state index in [0.29, 0.717) is 0 Å². The minimum atomic E-state index is -0.919. The van der Waals surface area contributed by atoms with Crippen molar-refractivity contribution in [3.8, 4) is 0 Å². The SMILES string of the molecule is C=CC(C(C)C)C(C(=O)OC)C(=O)OC. The lowest BCUT2D eigenvalue weighted by Gasteiger charge is -2.23. The Morgan fingerprint density at radius 3 is 1.73 bits per heavy atom. The molecule has 15 heavy (non-hydrogen) atoms. The second-order valence-electron chi connectivity index (χ2n) is 3.58. The van der Waals surface area contributed by atoms with Crippen molar-refractivity contribution in [3.63, 3.8) is 0 Å². The molecule has 4 heteroatoms.